The number of hydrogen-bond donors (Lipinski definition) is 0. The average molecular weight is 215 g/mol. The summed E-state index contributed by atoms with van der Waals surface area (Å²) in [5.74, 6) is 1.19. The fourth-order valence-electron chi connectivity index (χ4n) is 2.61. The van der Waals surface area contributed by atoms with Crippen LogP contribution < -0.4 is 4.90 Å². The lowest BCUT2D eigenvalue weighted by atomic mass is 10.0. The van der Waals surface area contributed by atoms with Crippen molar-refractivity contribution in [2.75, 3.05) is 11.4 Å². The standard InChI is InChI=1S/C14H17NO/c1-10(11-6-7-11)14(16)15-9-8-12-4-2-3-5-13(12)15/h2-5,10-11H,6-9H2,1H3. The van der Waals surface area contributed by atoms with Crippen LogP contribution in [0.4, 0.5) is 5.69 Å². The van der Waals surface area contributed by atoms with Crippen LogP contribution in [0, 0.1) is 11.8 Å². The number of rotatable bonds is 2. The van der Waals surface area contributed by atoms with Crippen molar-refractivity contribution < 1.29 is 4.79 Å². The summed E-state index contributed by atoms with van der Waals surface area (Å²) in [6, 6.07) is 8.27. The summed E-state index contributed by atoms with van der Waals surface area (Å²) < 4.78 is 0. The largest absolute Gasteiger partial charge is 0.312 e. The zero-order chi connectivity index (χ0) is 11.1. The summed E-state index contributed by atoms with van der Waals surface area (Å²) in [5, 5.41) is 0. The van der Waals surface area contributed by atoms with Crippen LogP contribution in [-0.2, 0) is 11.2 Å². The molecule has 84 valence electrons. The highest BCUT2D eigenvalue weighted by Gasteiger charge is 2.36. The van der Waals surface area contributed by atoms with E-state index in [0.29, 0.717) is 11.8 Å². The van der Waals surface area contributed by atoms with Crippen molar-refractivity contribution in [3.8, 4) is 0 Å². The van der Waals surface area contributed by atoms with E-state index in [9.17, 15) is 4.79 Å². The second-order valence-corrected chi connectivity index (χ2v) is 4.99. The highest BCUT2D eigenvalue weighted by atomic mass is 16.2. The molecule has 1 fully saturated rings. The summed E-state index contributed by atoms with van der Waals surface area (Å²) in [5.41, 5.74) is 2.46. The Morgan fingerprint density at radius 2 is 2.12 bits per heavy atom. The maximum absolute atomic E-state index is 12.3. The number of hydrogen-bond acceptors (Lipinski definition) is 1. The number of fused-ring (bicyclic) bond motifs is 1. The molecule has 2 aliphatic rings. The number of amides is 1. The van der Waals surface area contributed by atoms with E-state index >= 15 is 0 Å². The van der Waals surface area contributed by atoms with Crippen LogP contribution in [-0.4, -0.2) is 12.5 Å². The summed E-state index contributed by atoms with van der Waals surface area (Å²) in [4.78, 5) is 14.3. The fraction of sp³-hybridized carbons (Fsp3) is 0.500. The van der Waals surface area contributed by atoms with Crippen molar-refractivity contribution in [3.63, 3.8) is 0 Å². The molecule has 1 heterocycles. The van der Waals surface area contributed by atoms with Crippen molar-refractivity contribution in [2.45, 2.75) is 26.2 Å². The lowest BCUT2D eigenvalue weighted by Gasteiger charge is -2.21. The van der Waals surface area contributed by atoms with E-state index in [1.807, 2.05) is 11.0 Å². The number of para-hydroxylation sites is 1. The molecular weight excluding hydrogens is 198 g/mol. The Bertz CT molecular complexity index is 422. The van der Waals surface area contributed by atoms with Crippen LogP contribution in [0.5, 0.6) is 0 Å². The van der Waals surface area contributed by atoms with Crippen LogP contribution in [0.25, 0.3) is 0 Å². The monoisotopic (exact) mass is 215 g/mol. The molecule has 1 aliphatic heterocycles. The first-order chi connectivity index (χ1) is 7.77. The molecule has 1 unspecified atom stereocenters. The van der Waals surface area contributed by atoms with Crippen molar-refractivity contribution >= 4 is 11.6 Å². The molecule has 0 aromatic heterocycles. The highest BCUT2D eigenvalue weighted by molar-refractivity contribution is 5.97. The van der Waals surface area contributed by atoms with Gasteiger partial charge in [0.15, 0.2) is 0 Å². The first kappa shape index (κ1) is 9.88. The van der Waals surface area contributed by atoms with E-state index in [4.69, 9.17) is 0 Å². The molecule has 0 bridgehead atoms. The first-order valence-corrected chi connectivity index (χ1v) is 6.16. The van der Waals surface area contributed by atoms with Crippen LogP contribution in [0.15, 0.2) is 24.3 Å². The van der Waals surface area contributed by atoms with E-state index < -0.39 is 0 Å². The second kappa shape index (κ2) is 3.62. The minimum Gasteiger partial charge on any atom is -0.312 e. The normalized spacial score (nSPS) is 20.7. The first-order valence-electron chi connectivity index (χ1n) is 6.16. The molecular formula is C14H17NO. The Hall–Kier alpha value is -1.31. The minimum absolute atomic E-state index is 0.214. The van der Waals surface area contributed by atoms with Gasteiger partial charge in [-0.3, -0.25) is 4.79 Å². The van der Waals surface area contributed by atoms with Gasteiger partial charge < -0.3 is 4.90 Å². The quantitative estimate of drug-likeness (QED) is 0.742. The minimum atomic E-state index is 0.214. The number of carbonyl (C=O) groups is 1. The number of benzene rings is 1. The number of nitrogens with zero attached hydrogens (tertiary/aromatic N) is 1. The maximum Gasteiger partial charge on any atom is 0.230 e. The predicted octanol–water partition coefficient (Wildman–Crippen LogP) is 2.62. The average Bonchev–Trinajstić information content (AvgIpc) is 3.07. The third-order valence-corrected chi connectivity index (χ3v) is 3.87. The smallest absolute Gasteiger partial charge is 0.230 e. The summed E-state index contributed by atoms with van der Waals surface area (Å²) in [7, 11) is 0. The zero-order valence-corrected chi connectivity index (χ0v) is 9.65. The Morgan fingerprint density at radius 1 is 1.38 bits per heavy atom. The summed E-state index contributed by atoms with van der Waals surface area (Å²) in [6.45, 7) is 2.95. The van der Waals surface area contributed by atoms with Crippen molar-refractivity contribution in [2.24, 2.45) is 11.8 Å². The topological polar surface area (TPSA) is 20.3 Å². The highest BCUT2D eigenvalue weighted by Crippen LogP contribution is 2.39. The molecule has 1 aromatic carbocycles. The van der Waals surface area contributed by atoms with Crippen molar-refractivity contribution in [1.82, 2.24) is 0 Å². The molecule has 0 radical (unpaired) electrons. The van der Waals surface area contributed by atoms with E-state index in [2.05, 4.69) is 25.1 Å². The molecule has 2 nitrogen and oxygen atoms in total. The predicted molar refractivity (Wildman–Crippen MR) is 64.4 cm³/mol. The molecule has 16 heavy (non-hydrogen) atoms. The van der Waals surface area contributed by atoms with Gasteiger partial charge in [0.1, 0.15) is 0 Å². The third-order valence-electron chi connectivity index (χ3n) is 3.87. The molecule has 1 aliphatic carbocycles. The van der Waals surface area contributed by atoms with E-state index in [1.165, 1.54) is 18.4 Å². The van der Waals surface area contributed by atoms with Crippen molar-refractivity contribution in [1.29, 1.82) is 0 Å². The van der Waals surface area contributed by atoms with E-state index in [1.54, 1.807) is 0 Å². The Kier molecular flexibility index (Phi) is 2.23. The summed E-state index contributed by atoms with van der Waals surface area (Å²) in [6.07, 6.45) is 3.49. The second-order valence-electron chi connectivity index (χ2n) is 4.99. The maximum atomic E-state index is 12.3. The van der Waals surface area contributed by atoms with Crippen LogP contribution in [0.3, 0.4) is 0 Å². The lowest BCUT2D eigenvalue weighted by molar-refractivity contribution is -0.122. The number of anilines is 1. The molecule has 1 atom stereocenters. The molecule has 3 rings (SSSR count). The lowest BCUT2D eigenvalue weighted by Crippen LogP contribution is -2.34. The van der Waals surface area contributed by atoms with Gasteiger partial charge in [-0.05, 0) is 36.8 Å². The molecule has 0 spiro atoms. The van der Waals surface area contributed by atoms with Crippen molar-refractivity contribution in [3.05, 3.63) is 29.8 Å². The Morgan fingerprint density at radius 3 is 2.88 bits per heavy atom. The van der Waals surface area contributed by atoms with E-state index in [-0.39, 0.29) is 5.92 Å². The molecule has 2 heteroatoms. The molecule has 1 amide bonds. The van der Waals surface area contributed by atoms with Gasteiger partial charge >= 0.3 is 0 Å². The van der Waals surface area contributed by atoms with Gasteiger partial charge in [0.2, 0.25) is 5.91 Å². The van der Waals surface area contributed by atoms with Gasteiger partial charge in [0.05, 0.1) is 0 Å². The van der Waals surface area contributed by atoms with Crippen LogP contribution in [0.1, 0.15) is 25.3 Å². The van der Waals surface area contributed by atoms with Gasteiger partial charge in [-0.15, -0.1) is 0 Å². The Labute approximate surface area is 96.3 Å². The fourth-order valence-corrected chi connectivity index (χ4v) is 2.61. The zero-order valence-electron chi connectivity index (χ0n) is 9.65. The van der Waals surface area contributed by atoms with Gasteiger partial charge in [0.25, 0.3) is 0 Å². The molecule has 1 saturated carbocycles. The van der Waals surface area contributed by atoms with Gasteiger partial charge in [-0.1, -0.05) is 25.1 Å². The summed E-state index contributed by atoms with van der Waals surface area (Å²) >= 11 is 0. The molecule has 0 saturated heterocycles. The SMILES string of the molecule is CC(C(=O)N1CCc2ccccc21)C1CC1. The van der Waals surface area contributed by atoms with Gasteiger partial charge in [-0.25, -0.2) is 0 Å². The van der Waals surface area contributed by atoms with Crippen LogP contribution in [0.2, 0.25) is 0 Å². The molecule has 1 aromatic rings. The Balaban J connectivity index is 1.84. The number of carbonyl (C=O) groups excluding carboxylic acids is 1. The third kappa shape index (κ3) is 1.53. The van der Waals surface area contributed by atoms with Crippen LogP contribution >= 0.6 is 0 Å². The van der Waals surface area contributed by atoms with Gasteiger partial charge in [0, 0.05) is 18.2 Å². The molecule has 0 N–H and O–H groups in total. The van der Waals surface area contributed by atoms with E-state index in [0.717, 1.165) is 18.7 Å². The van der Waals surface area contributed by atoms with Gasteiger partial charge in [-0.2, -0.15) is 0 Å².